The van der Waals surface area contributed by atoms with Gasteiger partial charge in [0.05, 0.1) is 8.49 Å². The molecule has 1 atom stereocenters. The summed E-state index contributed by atoms with van der Waals surface area (Å²) in [6.07, 6.45) is 1.03. The van der Waals surface area contributed by atoms with E-state index in [-0.39, 0.29) is 10.6 Å². The highest BCUT2D eigenvalue weighted by molar-refractivity contribution is 14.1. The van der Waals surface area contributed by atoms with Crippen LogP contribution in [0.4, 0.5) is 11.4 Å². The van der Waals surface area contributed by atoms with E-state index in [0.29, 0.717) is 15.5 Å². The summed E-state index contributed by atoms with van der Waals surface area (Å²) in [6, 6.07) is 5.54. The molecule has 1 rings (SSSR count). The van der Waals surface area contributed by atoms with Crippen molar-refractivity contribution in [2.45, 2.75) is 33.2 Å². The zero-order chi connectivity index (χ0) is 13.0. The van der Waals surface area contributed by atoms with Crippen molar-refractivity contribution in [2.75, 3.05) is 5.32 Å². The van der Waals surface area contributed by atoms with E-state index in [1.54, 1.807) is 12.1 Å². The Bertz CT molecular complexity index is 407. The molecule has 1 aromatic carbocycles. The van der Waals surface area contributed by atoms with E-state index < -0.39 is 0 Å². The van der Waals surface area contributed by atoms with Crippen LogP contribution in [0.2, 0.25) is 0 Å². The molecule has 4 nitrogen and oxygen atoms in total. The Morgan fingerprint density at radius 2 is 2.12 bits per heavy atom. The largest absolute Gasteiger partial charge is 0.382 e. The maximum atomic E-state index is 10.7. The number of hydrogen-bond donors (Lipinski definition) is 1. The third-order valence-electron chi connectivity index (χ3n) is 2.74. The van der Waals surface area contributed by atoms with Gasteiger partial charge in [-0.05, 0) is 47.1 Å². The van der Waals surface area contributed by atoms with Crippen LogP contribution in [-0.4, -0.2) is 11.0 Å². The fourth-order valence-electron chi connectivity index (χ4n) is 1.70. The van der Waals surface area contributed by atoms with E-state index in [1.807, 2.05) is 28.7 Å². The zero-order valence-electron chi connectivity index (χ0n) is 10.2. The summed E-state index contributed by atoms with van der Waals surface area (Å²) in [7, 11) is 0. The highest BCUT2D eigenvalue weighted by Gasteiger charge is 2.14. The van der Waals surface area contributed by atoms with Crippen LogP contribution >= 0.6 is 22.6 Å². The summed E-state index contributed by atoms with van der Waals surface area (Å²) in [5.41, 5.74) is 1.11. The predicted molar refractivity (Wildman–Crippen MR) is 78.4 cm³/mol. The van der Waals surface area contributed by atoms with E-state index in [2.05, 4.69) is 26.1 Å². The molecule has 0 aromatic heterocycles. The minimum atomic E-state index is -0.356. The molecular weight excluding hydrogens is 331 g/mol. The number of hydrogen-bond acceptors (Lipinski definition) is 3. The van der Waals surface area contributed by atoms with Gasteiger partial charge in [0.1, 0.15) is 0 Å². The van der Waals surface area contributed by atoms with Crippen molar-refractivity contribution in [3.05, 3.63) is 31.9 Å². The van der Waals surface area contributed by atoms with Crippen molar-refractivity contribution in [3.63, 3.8) is 0 Å². The minimum Gasteiger partial charge on any atom is -0.382 e. The van der Waals surface area contributed by atoms with Crippen LogP contribution in [0.3, 0.4) is 0 Å². The van der Waals surface area contributed by atoms with Crippen molar-refractivity contribution in [2.24, 2.45) is 5.92 Å². The Kier molecular flexibility index (Phi) is 5.17. The van der Waals surface area contributed by atoms with Crippen LogP contribution in [0.15, 0.2) is 18.2 Å². The molecule has 0 aliphatic heterocycles. The van der Waals surface area contributed by atoms with Gasteiger partial charge in [0, 0.05) is 17.8 Å². The first-order valence-electron chi connectivity index (χ1n) is 5.66. The maximum absolute atomic E-state index is 10.7. The van der Waals surface area contributed by atoms with Gasteiger partial charge in [0.2, 0.25) is 0 Å². The highest BCUT2D eigenvalue weighted by Crippen LogP contribution is 2.25. The van der Waals surface area contributed by atoms with E-state index in [9.17, 15) is 10.1 Å². The molecule has 0 spiro atoms. The number of nitrogens with one attached hydrogen (secondary N) is 1. The molecule has 0 amide bonds. The van der Waals surface area contributed by atoms with Gasteiger partial charge < -0.3 is 5.32 Å². The summed E-state index contributed by atoms with van der Waals surface area (Å²) in [5, 5.41) is 14.1. The summed E-state index contributed by atoms with van der Waals surface area (Å²) in [4.78, 5) is 10.3. The summed E-state index contributed by atoms with van der Waals surface area (Å²) >= 11 is 2.00. The molecule has 0 fully saturated rings. The molecule has 1 N–H and O–H groups in total. The maximum Gasteiger partial charge on any atom is 0.282 e. The summed E-state index contributed by atoms with van der Waals surface area (Å²) < 4.78 is 0.663. The lowest BCUT2D eigenvalue weighted by Crippen LogP contribution is -2.24. The van der Waals surface area contributed by atoms with Crippen molar-refractivity contribution < 1.29 is 4.92 Å². The first kappa shape index (κ1) is 14.2. The average molecular weight is 348 g/mol. The lowest BCUT2D eigenvalue weighted by molar-refractivity contribution is -0.385. The fourth-order valence-corrected chi connectivity index (χ4v) is 2.41. The summed E-state index contributed by atoms with van der Waals surface area (Å²) in [6.45, 7) is 6.46. The van der Waals surface area contributed by atoms with Gasteiger partial charge in [-0.3, -0.25) is 10.1 Å². The quantitative estimate of drug-likeness (QED) is 0.496. The standard InChI is InChI=1S/C12H17IN2O2/c1-4-11(8(2)3)14-9-5-6-12(15(16)17)10(13)7-9/h5-8,11,14H,4H2,1-3H3. The number of halogens is 1. The van der Waals surface area contributed by atoms with Crippen LogP contribution < -0.4 is 5.32 Å². The van der Waals surface area contributed by atoms with Crippen LogP contribution in [-0.2, 0) is 0 Å². The monoisotopic (exact) mass is 348 g/mol. The molecule has 0 bridgehead atoms. The lowest BCUT2D eigenvalue weighted by atomic mass is 10.0. The van der Waals surface area contributed by atoms with Crippen molar-refractivity contribution in [1.82, 2.24) is 0 Å². The Morgan fingerprint density at radius 1 is 1.47 bits per heavy atom. The number of nitro groups is 1. The van der Waals surface area contributed by atoms with Crippen LogP contribution in [0.5, 0.6) is 0 Å². The van der Waals surface area contributed by atoms with Crippen LogP contribution in [0.1, 0.15) is 27.2 Å². The molecule has 0 saturated carbocycles. The molecule has 0 aliphatic carbocycles. The molecular formula is C12H17IN2O2. The molecule has 17 heavy (non-hydrogen) atoms. The average Bonchev–Trinajstić information content (AvgIpc) is 2.24. The number of rotatable bonds is 5. The molecule has 0 aliphatic rings. The molecule has 1 aromatic rings. The number of nitro benzene ring substituents is 1. The minimum absolute atomic E-state index is 0.161. The number of anilines is 1. The lowest BCUT2D eigenvalue weighted by Gasteiger charge is -2.22. The van der Waals surface area contributed by atoms with E-state index in [4.69, 9.17) is 0 Å². The third kappa shape index (κ3) is 3.83. The first-order chi connectivity index (χ1) is 7.95. The third-order valence-corrected chi connectivity index (χ3v) is 3.61. The van der Waals surface area contributed by atoms with E-state index in [0.717, 1.165) is 12.1 Å². The van der Waals surface area contributed by atoms with Crippen LogP contribution in [0.25, 0.3) is 0 Å². The van der Waals surface area contributed by atoms with Gasteiger partial charge in [-0.2, -0.15) is 0 Å². The van der Waals surface area contributed by atoms with Crippen molar-refractivity contribution >= 4 is 34.0 Å². The summed E-state index contributed by atoms with van der Waals surface area (Å²) in [5.74, 6) is 0.535. The fraction of sp³-hybridized carbons (Fsp3) is 0.500. The Morgan fingerprint density at radius 3 is 2.53 bits per heavy atom. The highest BCUT2D eigenvalue weighted by atomic mass is 127. The second-order valence-electron chi connectivity index (χ2n) is 4.33. The van der Waals surface area contributed by atoms with Gasteiger partial charge >= 0.3 is 0 Å². The SMILES string of the molecule is CCC(Nc1ccc([N+](=O)[O-])c(I)c1)C(C)C. The van der Waals surface area contributed by atoms with Crippen molar-refractivity contribution in [3.8, 4) is 0 Å². The second-order valence-corrected chi connectivity index (χ2v) is 5.49. The Hall–Kier alpha value is -0.850. The normalized spacial score (nSPS) is 12.5. The molecule has 0 radical (unpaired) electrons. The van der Waals surface area contributed by atoms with Gasteiger partial charge in [0.15, 0.2) is 0 Å². The zero-order valence-corrected chi connectivity index (χ0v) is 12.4. The number of nitrogens with zero attached hydrogens (tertiary/aromatic N) is 1. The van der Waals surface area contributed by atoms with E-state index in [1.165, 1.54) is 0 Å². The van der Waals surface area contributed by atoms with Gasteiger partial charge in [-0.15, -0.1) is 0 Å². The van der Waals surface area contributed by atoms with Gasteiger partial charge in [0.25, 0.3) is 5.69 Å². The smallest absolute Gasteiger partial charge is 0.282 e. The van der Waals surface area contributed by atoms with Crippen LogP contribution in [0, 0.1) is 19.6 Å². The molecule has 0 heterocycles. The molecule has 5 heteroatoms. The Labute approximate surface area is 115 Å². The second kappa shape index (κ2) is 6.18. The topological polar surface area (TPSA) is 55.2 Å². The van der Waals surface area contributed by atoms with Gasteiger partial charge in [-0.25, -0.2) is 0 Å². The Balaban J connectivity index is 2.87. The van der Waals surface area contributed by atoms with Crippen molar-refractivity contribution in [1.29, 1.82) is 0 Å². The molecule has 0 saturated heterocycles. The molecule has 1 unspecified atom stereocenters. The molecule has 94 valence electrons. The predicted octanol–water partition coefficient (Wildman–Crippen LogP) is 4.05. The number of benzene rings is 1. The van der Waals surface area contributed by atoms with E-state index >= 15 is 0 Å². The first-order valence-corrected chi connectivity index (χ1v) is 6.74. The van der Waals surface area contributed by atoms with Gasteiger partial charge in [-0.1, -0.05) is 20.8 Å².